The highest BCUT2D eigenvalue weighted by Crippen LogP contribution is 2.22. The predicted molar refractivity (Wildman–Crippen MR) is 82.5 cm³/mol. The molecule has 1 aliphatic heterocycles. The van der Waals surface area contributed by atoms with E-state index in [1.165, 1.54) is 6.20 Å². The monoisotopic (exact) mass is 314 g/mol. The third kappa shape index (κ3) is 4.28. The Labute approximate surface area is 127 Å². The van der Waals surface area contributed by atoms with Gasteiger partial charge in [0.25, 0.3) is 0 Å². The van der Waals surface area contributed by atoms with E-state index >= 15 is 0 Å². The van der Waals surface area contributed by atoms with Crippen LogP contribution in [0.5, 0.6) is 0 Å². The molecule has 2 heterocycles. The lowest BCUT2D eigenvalue weighted by atomic mass is 10.0. The molecule has 1 aliphatic rings. The minimum absolute atomic E-state index is 0.320. The molecule has 1 aromatic heterocycles. The van der Waals surface area contributed by atoms with Gasteiger partial charge in [-0.25, -0.2) is 8.42 Å². The average Bonchev–Trinajstić information content (AvgIpc) is 2.94. The zero-order valence-corrected chi connectivity index (χ0v) is 13.8. The number of hydrogen-bond acceptors (Lipinski definition) is 4. The van der Waals surface area contributed by atoms with Crippen LogP contribution in [0.2, 0.25) is 0 Å². The van der Waals surface area contributed by atoms with Gasteiger partial charge >= 0.3 is 0 Å². The SMILES string of the molecule is CCNCCCn1cc(S(=O)(=O)N2CCC(C)CC2)cn1. The van der Waals surface area contributed by atoms with Gasteiger partial charge in [-0.15, -0.1) is 0 Å². The van der Waals surface area contributed by atoms with Gasteiger partial charge in [-0.2, -0.15) is 9.40 Å². The molecule has 2 rings (SSSR count). The van der Waals surface area contributed by atoms with E-state index in [-0.39, 0.29) is 0 Å². The lowest BCUT2D eigenvalue weighted by Crippen LogP contribution is -2.37. The van der Waals surface area contributed by atoms with Crippen molar-refractivity contribution in [3.63, 3.8) is 0 Å². The molecule has 0 spiro atoms. The molecule has 0 amide bonds. The molecule has 0 atom stereocenters. The summed E-state index contributed by atoms with van der Waals surface area (Å²) in [6.07, 6.45) is 5.95. The van der Waals surface area contributed by atoms with Crippen LogP contribution in [-0.2, 0) is 16.6 Å². The topological polar surface area (TPSA) is 67.2 Å². The molecular formula is C14H26N4O2S. The van der Waals surface area contributed by atoms with Crippen LogP contribution in [0.3, 0.4) is 0 Å². The second-order valence-corrected chi connectivity index (χ2v) is 7.67. The molecule has 0 unspecified atom stereocenters. The summed E-state index contributed by atoms with van der Waals surface area (Å²) in [7, 11) is -3.37. The van der Waals surface area contributed by atoms with Crippen LogP contribution < -0.4 is 5.32 Å². The highest BCUT2D eigenvalue weighted by Gasteiger charge is 2.28. The summed E-state index contributed by atoms with van der Waals surface area (Å²) >= 11 is 0. The minimum Gasteiger partial charge on any atom is -0.317 e. The van der Waals surface area contributed by atoms with Gasteiger partial charge in [-0.1, -0.05) is 13.8 Å². The van der Waals surface area contributed by atoms with Gasteiger partial charge in [-0.05, 0) is 38.3 Å². The Kier molecular flexibility index (Phi) is 5.78. The third-order valence-electron chi connectivity index (χ3n) is 3.98. The first kappa shape index (κ1) is 16.5. The standard InChI is InChI=1S/C14H26N4O2S/c1-3-15-7-4-8-17-12-14(11-16-17)21(19,20)18-9-5-13(2)6-10-18/h11-13,15H,3-10H2,1-2H3. The predicted octanol–water partition coefficient (Wildman–Crippen LogP) is 1.30. The van der Waals surface area contributed by atoms with E-state index in [0.717, 1.165) is 38.9 Å². The van der Waals surface area contributed by atoms with Gasteiger partial charge in [0.05, 0.1) is 6.20 Å². The first-order chi connectivity index (χ1) is 10.0. The summed E-state index contributed by atoms with van der Waals surface area (Å²) in [6.45, 7) is 8.09. The molecule has 7 heteroatoms. The average molecular weight is 314 g/mol. The number of aromatic nitrogens is 2. The summed E-state index contributed by atoms with van der Waals surface area (Å²) < 4.78 is 28.4. The molecule has 0 aromatic carbocycles. The van der Waals surface area contributed by atoms with Gasteiger partial charge in [0.2, 0.25) is 10.0 Å². The van der Waals surface area contributed by atoms with Gasteiger partial charge in [-0.3, -0.25) is 4.68 Å². The maximum absolute atomic E-state index is 12.5. The molecule has 0 bridgehead atoms. The second kappa shape index (κ2) is 7.38. The van der Waals surface area contributed by atoms with Gasteiger partial charge in [0.15, 0.2) is 0 Å². The van der Waals surface area contributed by atoms with Crippen molar-refractivity contribution in [2.45, 2.75) is 44.6 Å². The second-order valence-electron chi connectivity index (χ2n) is 5.73. The van der Waals surface area contributed by atoms with Gasteiger partial charge in [0.1, 0.15) is 4.90 Å². The molecule has 1 aromatic rings. The van der Waals surface area contributed by atoms with E-state index < -0.39 is 10.0 Å². The quantitative estimate of drug-likeness (QED) is 0.771. The van der Waals surface area contributed by atoms with Crippen LogP contribution in [0, 0.1) is 5.92 Å². The fourth-order valence-electron chi connectivity index (χ4n) is 2.52. The van der Waals surface area contributed by atoms with Crippen LogP contribution in [0.4, 0.5) is 0 Å². The largest absolute Gasteiger partial charge is 0.317 e. The van der Waals surface area contributed by atoms with Crippen molar-refractivity contribution in [1.82, 2.24) is 19.4 Å². The fourth-order valence-corrected chi connectivity index (χ4v) is 3.94. The van der Waals surface area contributed by atoms with Crippen LogP contribution in [0.25, 0.3) is 0 Å². The van der Waals surface area contributed by atoms with Crippen molar-refractivity contribution in [2.24, 2.45) is 5.92 Å². The van der Waals surface area contributed by atoms with Crippen LogP contribution in [0.15, 0.2) is 17.3 Å². The molecule has 1 fully saturated rings. The highest BCUT2D eigenvalue weighted by molar-refractivity contribution is 7.89. The number of piperidine rings is 1. The fraction of sp³-hybridized carbons (Fsp3) is 0.786. The number of nitrogens with zero attached hydrogens (tertiary/aromatic N) is 3. The molecule has 1 saturated heterocycles. The van der Waals surface area contributed by atoms with Gasteiger partial charge in [0, 0.05) is 25.8 Å². The van der Waals surface area contributed by atoms with Crippen molar-refractivity contribution < 1.29 is 8.42 Å². The molecule has 0 radical (unpaired) electrons. The maximum Gasteiger partial charge on any atom is 0.246 e. The highest BCUT2D eigenvalue weighted by atomic mass is 32.2. The van der Waals surface area contributed by atoms with Crippen LogP contribution in [0.1, 0.15) is 33.1 Å². The normalized spacial score (nSPS) is 18.2. The Bertz CT molecular complexity index is 533. The molecular weight excluding hydrogens is 288 g/mol. The number of sulfonamides is 1. The van der Waals surface area contributed by atoms with Crippen LogP contribution in [-0.4, -0.2) is 48.7 Å². The first-order valence-corrected chi connectivity index (χ1v) is 9.21. The number of rotatable bonds is 7. The number of nitrogens with one attached hydrogen (secondary N) is 1. The van der Waals surface area contributed by atoms with Gasteiger partial charge < -0.3 is 5.32 Å². The summed E-state index contributed by atoms with van der Waals surface area (Å²) in [5.41, 5.74) is 0. The summed E-state index contributed by atoms with van der Waals surface area (Å²) in [4.78, 5) is 0.320. The zero-order valence-electron chi connectivity index (χ0n) is 13.0. The number of aryl methyl sites for hydroxylation is 1. The van der Waals surface area contributed by atoms with Crippen molar-refractivity contribution in [2.75, 3.05) is 26.2 Å². The first-order valence-electron chi connectivity index (χ1n) is 7.77. The lowest BCUT2D eigenvalue weighted by Gasteiger charge is -2.28. The smallest absolute Gasteiger partial charge is 0.246 e. The van der Waals surface area contributed by atoms with Crippen molar-refractivity contribution in [3.8, 4) is 0 Å². The maximum atomic E-state index is 12.5. The number of hydrogen-bond donors (Lipinski definition) is 1. The summed E-state index contributed by atoms with van der Waals surface area (Å²) in [5.74, 6) is 0.616. The Morgan fingerprint density at radius 1 is 1.38 bits per heavy atom. The van der Waals surface area contributed by atoms with E-state index in [1.54, 1.807) is 15.2 Å². The van der Waals surface area contributed by atoms with Crippen LogP contribution >= 0.6 is 0 Å². The van der Waals surface area contributed by atoms with Crippen molar-refractivity contribution >= 4 is 10.0 Å². The Hall–Kier alpha value is -0.920. The minimum atomic E-state index is -3.37. The van der Waals surface area contributed by atoms with E-state index in [2.05, 4.69) is 24.3 Å². The lowest BCUT2D eigenvalue weighted by molar-refractivity contribution is 0.288. The van der Waals surface area contributed by atoms with E-state index in [9.17, 15) is 8.42 Å². The summed E-state index contributed by atoms with van der Waals surface area (Å²) in [6, 6.07) is 0. The molecule has 1 N–H and O–H groups in total. The van der Waals surface area contributed by atoms with Crippen molar-refractivity contribution in [3.05, 3.63) is 12.4 Å². The zero-order chi connectivity index (χ0) is 15.3. The van der Waals surface area contributed by atoms with E-state index in [4.69, 9.17) is 0 Å². The van der Waals surface area contributed by atoms with Crippen molar-refractivity contribution in [1.29, 1.82) is 0 Å². The van der Waals surface area contributed by atoms with E-state index in [1.807, 2.05) is 0 Å². The molecule has 0 aliphatic carbocycles. The Morgan fingerprint density at radius 2 is 2.10 bits per heavy atom. The molecule has 120 valence electrons. The Morgan fingerprint density at radius 3 is 2.76 bits per heavy atom. The molecule has 21 heavy (non-hydrogen) atoms. The molecule has 0 saturated carbocycles. The third-order valence-corrected chi connectivity index (χ3v) is 5.83. The molecule has 6 nitrogen and oxygen atoms in total. The Balaban J connectivity index is 1.96. The van der Waals surface area contributed by atoms with E-state index in [0.29, 0.717) is 23.9 Å². The summed E-state index contributed by atoms with van der Waals surface area (Å²) in [5, 5.41) is 7.42.